The first-order valence-electron chi connectivity index (χ1n) is 7.35. The average Bonchev–Trinajstić information content (AvgIpc) is 3.19. The highest BCUT2D eigenvalue weighted by Gasteiger charge is 2.26. The minimum absolute atomic E-state index is 0.0340. The van der Waals surface area contributed by atoms with Crippen molar-refractivity contribution >= 4 is 21.4 Å². The number of nitrogens with zero attached hydrogens (tertiary/aromatic N) is 2. The van der Waals surface area contributed by atoms with E-state index in [1.165, 1.54) is 33.8 Å². The summed E-state index contributed by atoms with van der Waals surface area (Å²) in [7, 11) is -1.94. The molecule has 24 heavy (non-hydrogen) atoms. The third-order valence-corrected chi connectivity index (χ3v) is 6.38. The number of hydrogen-bond donors (Lipinski definition) is 0. The largest absolute Gasteiger partial charge is 0.353 e. The van der Waals surface area contributed by atoms with E-state index in [1.54, 1.807) is 0 Å². The lowest BCUT2D eigenvalue weighted by Gasteiger charge is -2.22. The molecule has 0 saturated carbocycles. The summed E-state index contributed by atoms with van der Waals surface area (Å²) < 4.78 is 42.8. The molecular weight excluding hydrogens is 347 g/mol. The number of aryl methyl sites for hydroxylation is 1. The highest BCUT2D eigenvalue weighted by molar-refractivity contribution is 7.89. The Bertz CT molecular complexity index is 918. The molecule has 0 aliphatic rings. The lowest BCUT2D eigenvalue weighted by Crippen LogP contribution is -2.30. The molecule has 1 aromatic carbocycles. The monoisotopic (exact) mass is 364 g/mol. The maximum Gasteiger partial charge on any atom is 0.243 e. The van der Waals surface area contributed by atoms with Crippen LogP contribution in [0.3, 0.4) is 0 Å². The summed E-state index contributed by atoms with van der Waals surface area (Å²) in [5, 5.41) is 1.91. The number of thiophene rings is 1. The molecule has 0 unspecified atom stereocenters. The van der Waals surface area contributed by atoms with Gasteiger partial charge < -0.3 is 4.57 Å². The second kappa shape index (κ2) is 6.88. The lowest BCUT2D eigenvalue weighted by atomic mass is 10.4. The van der Waals surface area contributed by atoms with E-state index in [1.807, 2.05) is 47.5 Å². The van der Waals surface area contributed by atoms with Crippen molar-refractivity contribution in [2.75, 3.05) is 0 Å². The van der Waals surface area contributed by atoms with Gasteiger partial charge in [-0.15, -0.1) is 11.3 Å². The van der Waals surface area contributed by atoms with Crippen LogP contribution in [-0.4, -0.2) is 17.3 Å². The predicted octanol–water partition coefficient (Wildman–Crippen LogP) is 3.62. The molecule has 0 spiro atoms. The van der Waals surface area contributed by atoms with E-state index < -0.39 is 15.8 Å². The van der Waals surface area contributed by atoms with Gasteiger partial charge in [0.1, 0.15) is 5.82 Å². The van der Waals surface area contributed by atoms with Crippen LogP contribution in [0.4, 0.5) is 4.39 Å². The van der Waals surface area contributed by atoms with Crippen LogP contribution in [0.15, 0.2) is 65.0 Å². The quantitative estimate of drug-likeness (QED) is 0.670. The first-order chi connectivity index (χ1) is 11.5. The minimum atomic E-state index is -3.81. The second-order valence-electron chi connectivity index (χ2n) is 5.42. The Hall–Kier alpha value is -1.96. The van der Waals surface area contributed by atoms with E-state index in [0.29, 0.717) is 0 Å². The Labute approximate surface area is 144 Å². The van der Waals surface area contributed by atoms with Crippen molar-refractivity contribution in [1.29, 1.82) is 0 Å². The Morgan fingerprint density at radius 2 is 1.96 bits per heavy atom. The van der Waals surface area contributed by atoms with Gasteiger partial charge in [0.05, 0.1) is 11.4 Å². The van der Waals surface area contributed by atoms with Crippen LogP contribution >= 0.6 is 11.3 Å². The maximum absolute atomic E-state index is 13.5. The van der Waals surface area contributed by atoms with Gasteiger partial charge in [-0.05, 0) is 41.8 Å². The molecule has 2 heterocycles. The zero-order valence-corrected chi connectivity index (χ0v) is 14.7. The minimum Gasteiger partial charge on any atom is -0.353 e. The molecule has 3 aromatic rings. The first kappa shape index (κ1) is 16.9. The fourth-order valence-electron chi connectivity index (χ4n) is 2.42. The summed E-state index contributed by atoms with van der Waals surface area (Å²) in [5.74, 6) is -0.564. The van der Waals surface area contributed by atoms with Crippen molar-refractivity contribution < 1.29 is 12.8 Å². The third kappa shape index (κ3) is 3.58. The molecule has 0 N–H and O–H groups in total. The third-order valence-electron chi connectivity index (χ3n) is 3.74. The summed E-state index contributed by atoms with van der Waals surface area (Å²) in [4.78, 5) is 0.900. The molecule has 0 aliphatic heterocycles. The number of aromatic nitrogens is 1. The Morgan fingerprint density at radius 1 is 1.12 bits per heavy atom. The van der Waals surface area contributed by atoms with Gasteiger partial charge in [0.15, 0.2) is 0 Å². The van der Waals surface area contributed by atoms with E-state index in [9.17, 15) is 12.8 Å². The van der Waals surface area contributed by atoms with Gasteiger partial charge in [-0.25, -0.2) is 12.8 Å². The molecule has 0 atom stereocenters. The topological polar surface area (TPSA) is 42.3 Å². The molecule has 4 nitrogen and oxygen atoms in total. The summed E-state index contributed by atoms with van der Waals surface area (Å²) in [6.07, 6.45) is 1.87. The summed E-state index contributed by atoms with van der Waals surface area (Å²) >= 11 is 1.50. The van der Waals surface area contributed by atoms with Crippen molar-refractivity contribution in [3.8, 4) is 0 Å². The van der Waals surface area contributed by atoms with Gasteiger partial charge in [0.2, 0.25) is 10.0 Å². The smallest absolute Gasteiger partial charge is 0.243 e. The molecule has 7 heteroatoms. The number of hydrogen-bond acceptors (Lipinski definition) is 3. The SMILES string of the molecule is Cn1cccc1CN(Cc1cccs1)S(=O)(=O)c1cccc(F)c1. The van der Waals surface area contributed by atoms with Crippen LogP contribution < -0.4 is 0 Å². The van der Waals surface area contributed by atoms with Gasteiger partial charge in [-0.1, -0.05) is 12.1 Å². The van der Waals surface area contributed by atoms with Crippen LogP contribution in [0, 0.1) is 5.82 Å². The molecule has 126 valence electrons. The molecule has 0 radical (unpaired) electrons. The standard InChI is InChI=1S/C17H17FN2O2S2/c1-19-9-3-6-15(19)12-20(13-16-7-4-10-23-16)24(21,22)17-8-2-5-14(18)11-17/h2-11H,12-13H2,1H3. The van der Waals surface area contributed by atoms with E-state index in [0.717, 1.165) is 16.6 Å². The van der Waals surface area contributed by atoms with Crippen molar-refractivity contribution in [1.82, 2.24) is 8.87 Å². The van der Waals surface area contributed by atoms with Gasteiger partial charge in [-0.3, -0.25) is 0 Å². The van der Waals surface area contributed by atoms with Crippen LogP contribution in [0.1, 0.15) is 10.6 Å². The molecule has 0 bridgehead atoms. The van der Waals surface area contributed by atoms with Crippen LogP contribution in [0.25, 0.3) is 0 Å². The Morgan fingerprint density at radius 3 is 2.58 bits per heavy atom. The lowest BCUT2D eigenvalue weighted by molar-refractivity contribution is 0.395. The zero-order valence-electron chi connectivity index (χ0n) is 13.1. The second-order valence-corrected chi connectivity index (χ2v) is 8.39. The Kier molecular flexibility index (Phi) is 4.84. The predicted molar refractivity (Wildman–Crippen MR) is 92.6 cm³/mol. The van der Waals surface area contributed by atoms with Crippen LogP contribution in [-0.2, 0) is 30.2 Å². The van der Waals surface area contributed by atoms with Crippen molar-refractivity contribution in [3.05, 3.63) is 76.5 Å². The molecule has 2 aromatic heterocycles. The van der Waals surface area contributed by atoms with Gasteiger partial charge in [0.25, 0.3) is 0 Å². The fourth-order valence-corrected chi connectivity index (χ4v) is 4.64. The normalized spacial score (nSPS) is 12.0. The van der Waals surface area contributed by atoms with Gasteiger partial charge in [0, 0.05) is 30.4 Å². The first-order valence-corrected chi connectivity index (χ1v) is 9.67. The molecule has 0 saturated heterocycles. The summed E-state index contributed by atoms with van der Waals surface area (Å²) in [6.45, 7) is 0.474. The van der Waals surface area contributed by atoms with Crippen molar-refractivity contribution in [3.63, 3.8) is 0 Å². The molecular formula is C17H17FN2O2S2. The van der Waals surface area contributed by atoms with Gasteiger partial charge >= 0.3 is 0 Å². The fraction of sp³-hybridized carbons (Fsp3) is 0.176. The number of benzene rings is 1. The van der Waals surface area contributed by atoms with E-state index in [4.69, 9.17) is 0 Å². The number of rotatable bonds is 6. The Balaban J connectivity index is 1.98. The van der Waals surface area contributed by atoms with Crippen LogP contribution in [0.5, 0.6) is 0 Å². The number of sulfonamides is 1. The van der Waals surface area contributed by atoms with Crippen LogP contribution in [0.2, 0.25) is 0 Å². The molecule has 0 amide bonds. The molecule has 3 rings (SSSR count). The van der Waals surface area contributed by atoms with E-state index in [2.05, 4.69) is 0 Å². The van der Waals surface area contributed by atoms with E-state index >= 15 is 0 Å². The summed E-state index contributed by atoms with van der Waals surface area (Å²) in [6, 6.07) is 12.6. The van der Waals surface area contributed by atoms with E-state index in [-0.39, 0.29) is 18.0 Å². The average molecular weight is 364 g/mol. The van der Waals surface area contributed by atoms with Crippen molar-refractivity contribution in [2.45, 2.75) is 18.0 Å². The molecule has 0 fully saturated rings. The van der Waals surface area contributed by atoms with Gasteiger partial charge in [-0.2, -0.15) is 4.31 Å². The highest BCUT2D eigenvalue weighted by Crippen LogP contribution is 2.23. The summed E-state index contributed by atoms with van der Waals surface area (Å²) in [5.41, 5.74) is 0.867. The molecule has 0 aliphatic carbocycles. The maximum atomic E-state index is 13.5. The highest BCUT2D eigenvalue weighted by atomic mass is 32.2. The zero-order chi connectivity index (χ0) is 17.2. The van der Waals surface area contributed by atoms with Crippen molar-refractivity contribution in [2.24, 2.45) is 7.05 Å². The number of halogens is 1.